The molecule has 3 heteroatoms. The molecule has 0 aliphatic heterocycles. The van der Waals surface area contributed by atoms with Crippen LogP contribution in [0.2, 0.25) is 0 Å². The Morgan fingerprint density at radius 1 is 1.00 bits per heavy atom. The van der Waals surface area contributed by atoms with Gasteiger partial charge in [0.25, 0.3) is 0 Å². The first-order valence-electron chi connectivity index (χ1n) is 7.60. The first-order valence-corrected chi connectivity index (χ1v) is 7.60. The van der Waals surface area contributed by atoms with E-state index in [1.807, 2.05) is 60.1 Å². The summed E-state index contributed by atoms with van der Waals surface area (Å²) in [6, 6.07) is 17.3. The number of hydrogen-bond donors (Lipinski definition) is 1. The summed E-state index contributed by atoms with van der Waals surface area (Å²) < 4.78 is 1.93. The van der Waals surface area contributed by atoms with Gasteiger partial charge in [0.15, 0.2) is 0 Å². The standard InChI is InChI=1S/C20H18N2O/c1-16-19(12-11-17-7-3-2-4-8-17)15-21-22(16)14-13-18-9-5-6-10-20(18)23/h2-10,15,23H,13-14H2,1H3. The molecule has 1 N–H and O–H groups in total. The van der Waals surface area contributed by atoms with Gasteiger partial charge in [-0.25, -0.2) is 0 Å². The molecule has 1 aromatic heterocycles. The molecule has 0 amide bonds. The number of aryl methyl sites for hydroxylation is 2. The van der Waals surface area contributed by atoms with E-state index in [4.69, 9.17) is 0 Å². The van der Waals surface area contributed by atoms with Crippen molar-refractivity contribution < 1.29 is 5.11 Å². The molecule has 0 saturated heterocycles. The summed E-state index contributed by atoms with van der Waals surface area (Å²) in [5.74, 6) is 6.67. The zero-order valence-corrected chi connectivity index (χ0v) is 13.0. The highest BCUT2D eigenvalue weighted by molar-refractivity contribution is 5.43. The Hall–Kier alpha value is -2.99. The second kappa shape index (κ2) is 6.85. The molecular weight excluding hydrogens is 284 g/mol. The van der Waals surface area contributed by atoms with Crippen LogP contribution in [0.5, 0.6) is 5.75 Å². The minimum atomic E-state index is 0.335. The van der Waals surface area contributed by atoms with E-state index in [1.54, 1.807) is 12.3 Å². The number of nitrogens with zero attached hydrogens (tertiary/aromatic N) is 2. The van der Waals surface area contributed by atoms with E-state index in [2.05, 4.69) is 16.9 Å². The quantitative estimate of drug-likeness (QED) is 0.752. The summed E-state index contributed by atoms with van der Waals surface area (Å²) in [5.41, 5.74) is 3.91. The Bertz CT molecular complexity index is 854. The van der Waals surface area contributed by atoms with Gasteiger partial charge in [0.2, 0.25) is 0 Å². The van der Waals surface area contributed by atoms with Crippen molar-refractivity contribution in [1.82, 2.24) is 9.78 Å². The fraction of sp³-hybridized carbons (Fsp3) is 0.150. The van der Waals surface area contributed by atoms with Crippen LogP contribution in [0.1, 0.15) is 22.4 Å². The first-order chi connectivity index (χ1) is 11.2. The van der Waals surface area contributed by atoms with Gasteiger partial charge < -0.3 is 5.11 Å². The molecule has 3 rings (SSSR count). The summed E-state index contributed by atoms with van der Waals surface area (Å²) in [7, 11) is 0. The van der Waals surface area contributed by atoms with E-state index in [0.29, 0.717) is 5.75 Å². The van der Waals surface area contributed by atoms with Crippen LogP contribution in [0.15, 0.2) is 60.8 Å². The highest BCUT2D eigenvalue weighted by atomic mass is 16.3. The Morgan fingerprint density at radius 2 is 1.74 bits per heavy atom. The molecule has 3 nitrogen and oxygen atoms in total. The van der Waals surface area contributed by atoms with E-state index < -0.39 is 0 Å². The van der Waals surface area contributed by atoms with E-state index in [1.165, 1.54) is 0 Å². The molecule has 1 heterocycles. The van der Waals surface area contributed by atoms with Crippen molar-refractivity contribution in [1.29, 1.82) is 0 Å². The maximum Gasteiger partial charge on any atom is 0.118 e. The number of benzene rings is 2. The molecule has 0 fully saturated rings. The zero-order chi connectivity index (χ0) is 16.1. The molecule has 114 valence electrons. The van der Waals surface area contributed by atoms with Crippen molar-refractivity contribution in [2.75, 3.05) is 0 Å². The second-order valence-electron chi connectivity index (χ2n) is 5.36. The molecule has 0 aliphatic rings. The van der Waals surface area contributed by atoms with Crippen molar-refractivity contribution in [3.8, 4) is 17.6 Å². The molecule has 2 aromatic carbocycles. The number of rotatable bonds is 3. The molecule has 0 atom stereocenters. The monoisotopic (exact) mass is 302 g/mol. The highest BCUT2D eigenvalue weighted by Crippen LogP contribution is 2.17. The number of phenols is 1. The fourth-order valence-corrected chi connectivity index (χ4v) is 2.40. The number of aromatic nitrogens is 2. The van der Waals surface area contributed by atoms with Crippen LogP contribution in [0.3, 0.4) is 0 Å². The Morgan fingerprint density at radius 3 is 2.52 bits per heavy atom. The summed E-state index contributed by atoms with van der Waals surface area (Å²) in [6.45, 7) is 2.74. The molecule has 0 saturated carbocycles. The topological polar surface area (TPSA) is 38.0 Å². The average Bonchev–Trinajstić information content (AvgIpc) is 2.93. The van der Waals surface area contributed by atoms with Crippen LogP contribution in [-0.2, 0) is 13.0 Å². The maximum atomic E-state index is 9.82. The van der Waals surface area contributed by atoms with Crippen LogP contribution in [0.25, 0.3) is 0 Å². The molecular formula is C20H18N2O. The van der Waals surface area contributed by atoms with Gasteiger partial charge in [0.05, 0.1) is 17.5 Å². The van der Waals surface area contributed by atoms with Gasteiger partial charge >= 0.3 is 0 Å². The van der Waals surface area contributed by atoms with Gasteiger partial charge in [-0.1, -0.05) is 48.2 Å². The minimum Gasteiger partial charge on any atom is -0.508 e. The van der Waals surface area contributed by atoms with E-state index in [0.717, 1.165) is 35.3 Å². The van der Waals surface area contributed by atoms with Crippen LogP contribution in [0.4, 0.5) is 0 Å². The molecule has 3 aromatic rings. The van der Waals surface area contributed by atoms with Crippen LogP contribution >= 0.6 is 0 Å². The predicted octanol–water partition coefficient (Wildman–Crippen LogP) is 3.54. The average molecular weight is 302 g/mol. The summed E-state index contributed by atoms with van der Waals surface area (Å²) >= 11 is 0. The number of phenolic OH excluding ortho intramolecular Hbond substituents is 1. The van der Waals surface area contributed by atoms with Gasteiger partial charge in [-0.2, -0.15) is 5.10 Å². The summed E-state index contributed by atoms with van der Waals surface area (Å²) in [6.07, 6.45) is 2.54. The number of para-hydroxylation sites is 1. The van der Waals surface area contributed by atoms with Crippen LogP contribution < -0.4 is 0 Å². The maximum absolute atomic E-state index is 9.82. The summed E-state index contributed by atoms with van der Waals surface area (Å²) in [4.78, 5) is 0. The summed E-state index contributed by atoms with van der Waals surface area (Å²) in [5, 5.41) is 14.2. The van der Waals surface area contributed by atoms with Crippen molar-refractivity contribution in [3.63, 3.8) is 0 Å². The molecule has 0 unspecified atom stereocenters. The Balaban J connectivity index is 1.73. The number of aromatic hydroxyl groups is 1. The second-order valence-corrected chi connectivity index (χ2v) is 5.36. The van der Waals surface area contributed by atoms with Crippen molar-refractivity contribution in [3.05, 3.63) is 83.2 Å². The smallest absolute Gasteiger partial charge is 0.118 e. The fourth-order valence-electron chi connectivity index (χ4n) is 2.40. The first kappa shape index (κ1) is 14.9. The molecule has 23 heavy (non-hydrogen) atoms. The number of hydrogen-bond acceptors (Lipinski definition) is 2. The van der Waals surface area contributed by atoms with Gasteiger partial charge in [-0.05, 0) is 37.1 Å². The van der Waals surface area contributed by atoms with Gasteiger partial charge in [0.1, 0.15) is 5.75 Å². The molecule has 0 aliphatic carbocycles. The third-order valence-electron chi connectivity index (χ3n) is 3.80. The molecule has 0 radical (unpaired) electrons. The zero-order valence-electron chi connectivity index (χ0n) is 13.0. The lowest BCUT2D eigenvalue weighted by molar-refractivity contribution is 0.463. The van der Waals surface area contributed by atoms with Gasteiger partial charge in [-0.3, -0.25) is 4.68 Å². The van der Waals surface area contributed by atoms with Crippen molar-refractivity contribution in [2.24, 2.45) is 0 Å². The van der Waals surface area contributed by atoms with Gasteiger partial charge in [0, 0.05) is 12.1 Å². The largest absolute Gasteiger partial charge is 0.508 e. The Kier molecular flexibility index (Phi) is 4.44. The lowest BCUT2D eigenvalue weighted by atomic mass is 10.1. The minimum absolute atomic E-state index is 0.335. The molecule has 0 bridgehead atoms. The van der Waals surface area contributed by atoms with E-state index in [-0.39, 0.29) is 0 Å². The third kappa shape index (κ3) is 3.61. The normalized spacial score (nSPS) is 10.1. The molecule has 0 spiro atoms. The SMILES string of the molecule is Cc1c(C#Cc2ccccc2)cnn1CCc1ccccc1O. The van der Waals surface area contributed by atoms with E-state index in [9.17, 15) is 5.11 Å². The third-order valence-corrected chi connectivity index (χ3v) is 3.80. The lowest BCUT2D eigenvalue weighted by Crippen LogP contribution is -2.05. The van der Waals surface area contributed by atoms with E-state index >= 15 is 0 Å². The van der Waals surface area contributed by atoms with Gasteiger partial charge in [-0.15, -0.1) is 0 Å². The van der Waals surface area contributed by atoms with Crippen LogP contribution in [-0.4, -0.2) is 14.9 Å². The lowest BCUT2D eigenvalue weighted by Gasteiger charge is -2.06. The van der Waals surface area contributed by atoms with Crippen molar-refractivity contribution >= 4 is 0 Å². The van der Waals surface area contributed by atoms with Crippen LogP contribution in [0, 0.1) is 18.8 Å². The predicted molar refractivity (Wildman–Crippen MR) is 91.2 cm³/mol. The van der Waals surface area contributed by atoms with Crippen molar-refractivity contribution in [2.45, 2.75) is 19.9 Å². The Labute approximate surface area is 136 Å². The highest BCUT2D eigenvalue weighted by Gasteiger charge is 2.06.